The molecule has 0 saturated heterocycles. The number of rotatable bonds is 5. The van der Waals surface area contributed by atoms with E-state index in [-0.39, 0.29) is 10.6 Å². The third-order valence-corrected chi connectivity index (χ3v) is 4.47. The van der Waals surface area contributed by atoms with Crippen molar-refractivity contribution in [3.05, 3.63) is 48.0 Å². The highest BCUT2D eigenvalue weighted by Crippen LogP contribution is 2.28. The summed E-state index contributed by atoms with van der Waals surface area (Å²) in [7, 11) is -2.34. The van der Waals surface area contributed by atoms with Crippen LogP contribution in [0.15, 0.2) is 47.4 Å². The molecule has 2 aromatic rings. The smallest absolute Gasteiger partial charge is 0.265 e. The summed E-state index contributed by atoms with van der Waals surface area (Å²) in [5, 5.41) is 0. The van der Waals surface area contributed by atoms with Crippen molar-refractivity contribution < 1.29 is 13.2 Å². The highest BCUT2D eigenvalue weighted by Gasteiger charge is 2.20. The summed E-state index contributed by atoms with van der Waals surface area (Å²) in [4.78, 5) is 0.0203. The third kappa shape index (κ3) is 3.46. The Kier molecular flexibility index (Phi) is 4.37. The molecule has 0 unspecified atom stereocenters. The molecular weight excluding hydrogens is 288 g/mol. The zero-order chi connectivity index (χ0) is 15.5. The first-order valence-corrected chi connectivity index (χ1v) is 8.00. The molecule has 3 N–H and O–H groups in total. The van der Waals surface area contributed by atoms with E-state index < -0.39 is 10.0 Å². The van der Waals surface area contributed by atoms with Gasteiger partial charge in [0.15, 0.2) is 0 Å². The number of nitrogen functional groups attached to an aromatic ring is 1. The second-order valence-electron chi connectivity index (χ2n) is 4.57. The van der Waals surface area contributed by atoms with E-state index in [1.807, 2.05) is 19.1 Å². The van der Waals surface area contributed by atoms with Gasteiger partial charge in [0.25, 0.3) is 10.0 Å². The van der Waals surface area contributed by atoms with Crippen LogP contribution in [0.1, 0.15) is 12.5 Å². The number of nitrogens with two attached hydrogens (primary N) is 1. The van der Waals surface area contributed by atoms with Crippen molar-refractivity contribution in [2.24, 2.45) is 0 Å². The van der Waals surface area contributed by atoms with E-state index in [9.17, 15) is 8.42 Å². The topological polar surface area (TPSA) is 81.4 Å². The summed E-state index contributed by atoms with van der Waals surface area (Å²) < 4.78 is 32.6. The van der Waals surface area contributed by atoms with Gasteiger partial charge in [-0.2, -0.15) is 0 Å². The lowest BCUT2D eigenvalue weighted by Gasteiger charge is -2.12. The van der Waals surface area contributed by atoms with E-state index in [4.69, 9.17) is 10.5 Å². The molecular formula is C15H18N2O3S. The van der Waals surface area contributed by atoms with E-state index in [0.29, 0.717) is 11.4 Å². The van der Waals surface area contributed by atoms with Crippen LogP contribution in [-0.2, 0) is 16.4 Å². The van der Waals surface area contributed by atoms with Crippen molar-refractivity contribution in [3.8, 4) is 5.75 Å². The van der Waals surface area contributed by atoms with Crippen molar-refractivity contribution in [1.29, 1.82) is 0 Å². The van der Waals surface area contributed by atoms with E-state index in [2.05, 4.69) is 4.72 Å². The zero-order valence-electron chi connectivity index (χ0n) is 12.0. The standard InChI is InChI=1S/C15H18N2O3S/c1-3-11-5-4-6-13(9-11)17-21(18,19)15-10-12(16)7-8-14(15)20-2/h4-10,17H,3,16H2,1-2H3. The number of benzene rings is 2. The maximum atomic E-state index is 12.5. The number of ether oxygens (including phenoxy) is 1. The maximum absolute atomic E-state index is 12.5. The molecule has 0 amide bonds. The van der Waals surface area contributed by atoms with Crippen LogP contribution in [0, 0.1) is 0 Å². The molecule has 0 aliphatic heterocycles. The summed E-state index contributed by atoms with van der Waals surface area (Å²) in [6.45, 7) is 2.01. The fourth-order valence-electron chi connectivity index (χ4n) is 1.97. The van der Waals surface area contributed by atoms with E-state index in [1.165, 1.54) is 19.2 Å². The van der Waals surface area contributed by atoms with Crippen molar-refractivity contribution in [3.63, 3.8) is 0 Å². The average molecular weight is 306 g/mol. The molecule has 0 atom stereocenters. The molecule has 0 spiro atoms. The van der Waals surface area contributed by atoms with Gasteiger partial charge in [-0.3, -0.25) is 4.72 Å². The van der Waals surface area contributed by atoms with Gasteiger partial charge in [0.2, 0.25) is 0 Å². The minimum absolute atomic E-state index is 0.0203. The van der Waals surface area contributed by atoms with Gasteiger partial charge in [-0.25, -0.2) is 8.42 Å². The quantitative estimate of drug-likeness (QED) is 0.832. The molecule has 2 aromatic carbocycles. The average Bonchev–Trinajstić information content (AvgIpc) is 2.47. The van der Waals surface area contributed by atoms with Crippen LogP contribution in [0.4, 0.5) is 11.4 Å². The Hall–Kier alpha value is -2.21. The molecule has 0 aromatic heterocycles. The SMILES string of the molecule is CCc1cccc(NS(=O)(=O)c2cc(N)ccc2OC)c1. The van der Waals surface area contributed by atoms with Crippen molar-refractivity contribution in [2.75, 3.05) is 17.6 Å². The maximum Gasteiger partial charge on any atom is 0.265 e. The number of methoxy groups -OCH3 is 1. The number of anilines is 2. The monoisotopic (exact) mass is 306 g/mol. The first kappa shape index (κ1) is 15.2. The van der Waals surface area contributed by atoms with Gasteiger partial charge in [0, 0.05) is 11.4 Å². The molecule has 0 aliphatic rings. The Balaban J connectivity index is 2.40. The second kappa shape index (κ2) is 6.05. The Morgan fingerprint density at radius 1 is 1.19 bits per heavy atom. The molecule has 0 radical (unpaired) electrons. The molecule has 0 aliphatic carbocycles. The molecule has 0 heterocycles. The highest BCUT2D eigenvalue weighted by molar-refractivity contribution is 7.92. The number of sulfonamides is 1. The third-order valence-electron chi connectivity index (χ3n) is 3.06. The Labute approximate surface area is 124 Å². The fourth-order valence-corrected chi connectivity index (χ4v) is 3.22. The van der Waals surface area contributed by atoms with E-state index >= 15 is 0 Å². The van der Waals surface area contributed by atoms with Gasteiger partial charge in [-0.05, 0) is 42.3 Å². The number of hydrogen-bond acceptors (Lipinski definition) is 4. The number of hydrogen-bond donors (Lipinski definition) is 2. The molecule has 0 fully saturated rings. The van der Waals surface area contributed by atoms with E-state index in [1.54, 1.807) is 18.2 Å². The summed E-state index contributed by atoms with van der Waals surface area (Å²) >= 11 is 0. The van der Waals surface area contributed by atoms with Gasteiger partial charge in [-0.15, -0.1) is 0 Å². The lowest BCUT2D eigenvalue weighted by atomic mass is 10.1. The largest absolute Gasteiger partial charge is 0.495 e. The summed E-state index contributed by atoms with van der Waals surface area (Å²) in [5.74, 6) is 0.253. The molecule has 0 bridgehead atoms. The lowest BCUT2D eigenvalue weighted by Crippen LogP contribution is -2.14. The molecule has 112 valence electrons. The normalized spacial score (nSPS) is 11.1. The van der Waals surface area contributed by atoms with Crippen LogP contribution in [0.5, 0.6) is 5.75 Å². The minimum Gasteiger partial charge on any atom is -0.495 e. The Bertz CT molecular complexity index is 742. The van der Waals surface area contributed by atoms with Gasteiger partial charge >= 0.3 is 0 Å². The Morgan fingerprint density at radius 3 is 2.62 bits per heavy atom. The van der Waals surface area contributed by atoms with Gasteiger partial charge in [0.05, 0.1) is 7.11 Å². The minimum atomic E-state index is -3.76. The van der Waals surface area contributed by atoms with E-state index in [0.717, 1.165) is 12.0 Å². The summed E-state index contributed by atoms with van der Waals surface area (Å²) in [6.07, 6.45) is 0.831. The van der Waals surface area contributed by atoms with Crippen LogP contribution in [-0.4, -0.2) is 15.5 Å². The van der Waals surface area contributed by atoms with Gasteiger partial charge in [0.1, 0.15) is 10.6 Å². The van der Waals surface area contributed by atoms with Crippen LogP contribution >= 0.6 is 0 Å². The first-order chi connectivity index (χ1) is 9.96. The summed E-state index contributed by atoms with van der Waals surface area (Å²) in [5.41, 5.74) is 7.59. The predicted octanol–water partition coefficient (Wildman–Crippen LogP) is 2.64. The number of aryl methyl sites for hydroxylation is 1. The van der Waals surface area contributed by atoms with Crippen molar-refractivity contribution >= 4 is 21.4 Å². The molecule has 21 heavy (non-hydrogen) atoms. The first-order valence-electron chi connectivity index (χ1n) is 6.51. The predicted molar refractivity (Wildman–Crippen MR) is 84.0 cm³/mol. The van der Waals surface area contributed by atoms with Crippen LogP contribution in [0.25, 0.3) is 0 Å². The molecule has 5 nitrogen and oxygen atoms in total. The summed E-state index contributed by atoms with van der Waals surface area (Å²) in [6, 6.07) is 11.8. The Morgan fingerprint density at radius 2 is 1.95 bits per heavy atom. The molecule has 6 heteroatoms. The van der Waals surface area contributed by atoms with Gasteiger partial charge < -0.3 is 10.5 Å². The second-order valence-corrected chi connectivity index (χ2v) is 6.22. The van der Waals surface area contributed by atoms with Crippen LogP contribution < -0.4 is 15.2 Å². The molecule has 2 rings (SSSR count). The van der Waals surface area contributed by atoms with Gasteiger partial charge in [-0.1, -0.05) is 19.1 Å². The van der Waals surface area contributed by atoms with Crippen molar-refractivity contribution in [1.82, 2.24) is 0 Å². The van der Waals surface area contributed by atoms with Crippen LogP contribution in [0.3, 0.4) is 0 Å². The van der Waals surface area contributed by atoms with Crippen molar-refractivity contribution in [2.45, 2.75) is 18.2 Å². The number of nitrogens with one attached hydrogen (secondary N) is 1. The van der Waals surface area contributed by atoms with Crippen LogP contribution in [0.2, 0.25) is 0 Å². The molecule has 0 saturated carbocycles. The fraction of sp³-hybridized carbons (Fsp3) is 0.200. The zero-order valence-corrected chi connectivity index (χ0v) is 12.8. The lowest BCUT2D eigenvalue weighted by molar-refractivity contribution is 0.403. The highest BCUT2D eigenvalue weighted by atomic mass is 32.2.